The van der Waals surface area contributed by atoms with E-state index in [9.17, 15) is 4.79 Å². The first-order valence-corrected chi connectivity index (χ1v) is 8.94. The number of carbonyl (C=O) groups is 1. The molecule has 2 N–H and O–H groups in total. The number of ether oxygens (including phenoxy) is 1. The molecule has 0 aromatic heterocycles. The molecule has 6 heteroatoms. The van der Waals surface area contributed by atoms with E-state index >= 15 is 0 Å². The van der Waals surface area contributed by atoms with E-state index in [1.807, 2.05) is 4.90 Å². The lowest BCUT2D eigenvalue weighted by molar-refractivity contribution is -0.135. The summed E-state index contributed by atoms with van der Waals surface area (Å²) in [7, 11) is 0. The maximum Gasteiger partial charge on any atom is 0.225 e. The van der Waals surface area contributed by atoms with E-state index in [1.165, 1.54) is 0 Å². The zero-order valence-electron chi connectivity index (χ0n) is 13.0. The summed E-state index contributed by atoms with van der Waals surface area (Å²) in [6, 6.07) is 5.41. The first kappa shape index (κ1) is 16.9. The van der Waals surface area contributed by atoms with Crippen molar-refractivity contribution < 1.29 is 9.53 Å². The van der Waals surface area contributed by atoms with Gasteiger partial charge in [-0.2, -0.15) is 0 Å². The van der Waals surface area contributed by atoms with E-state index in [4.69, 9.17) is 33.7 Å². The van der Waals surface area contributed by atoms with E-state index in [1.54, 1.807) is 18.2 Å². The summed E-state index contributed by atoms with van der Waals surface area (Å²) < 4.78 is 5.94. The summed E-state index contributed by atoms with van der Waals surface area (Å²) in [6.45, 7) is 1.38. The monoisotopic (exact) mass is 356 g/mol. The number of amides is 1. The van der Waals surface area contributed by atoms with Crippen LogP contribution in [0, 0.1) is 5.92 Å². The van der Waals surface area contributed by atoms with E-state index in [0.717, 1.165) is 38.6 Å². The molecule has 1 saturated carbocycles. The van der Waals surface area contributed by atoms with Gasteiger partial charge in [0, 0.05) is 31.0 Å². The minimum Gasteiger partial charge on any atom is -0.488 e. The molecule has 0 spiro atoms. The largest absolute Gasteiger partial charge is 0.488 e. The second-order valence-corrected chi connectivity index (χ2v) is 7.33. The number of rotatable bonds is 3. The quantitative estimate of drug-likeness (QED) is 0.901. The van der Waals surface area contributed by atoms with Crippen molar-refractivity contribution in [3.8, 4) is 5.75 Å². The Balaban J connectivity index is 1.55. The fourth-order valence-electron chi connectivity index (χ4n) is 3.48. The van der Waals surface area contributed by atoms with Gasteiger partial charge in [-0.25, -0.2) is 0 Å². The van der Waals surface area contributed by atoms with Crippen LogP contribution in [0.3, 0.4) is 0 Å². The van der Waals surface area contributed by atoms with Gasteiger partial charge in [0.15, 0.2) is 0 Å². The zero-order valence-corrected chi connectivity index (χ0v) is 14.5. The standard InChI is InChI=1S/C17H22Cl2N2O2/c18-15-5-4-13(9-16(15)19)23-14-6-7-21(10-14)17(22)11-2-1-3-12(20)8-11/h4-5,9,11-12,14H,1-3,6-8,10,20H2. The van der Waals surface area contributed by atoms with Gasteiger partial charge in [-0.1, -0.05) is 29.6 Å². The summed E-state index contributed by atoms with van der Waals surface area (Å²) in [6.07, 6.45) is 4.70. The molecule has 3 rings (SSSR count). The molecule has 2 aliphatic rings. The van der Waals surface area contributed by atoms with Gasteiger partial charge in [0.2, 0.25) is 5.91 Å². The van der Waals surface area contributed by atoms with Crippen LogP contribution in [0.4, 0.5) is 0 Å². The number of nitrogens with zero attached hydrogens (tertiary/aromatic N) is 1. The van der Waals surface area contributed by atoms with Crippen LogP contribution in [0.15, 0.2) is 18.2 Å². The van der Waals surface area contributed by atoms with Crippen LogP contribution in [-0.2, 0) is 4.79 Å². The average molecular weight is 357 g/mol. The molecule has 3 unspecified atom stereocenters. The SMILES string of the molecule is NC1CCCC(C(=O)N2CCC(Oc3ccc(Cl)c(Cl)c3)C2)C1. The highest BCUT2D eigenvalue weighted by Crippen LogP contribution is 2.29. The Labute approximate surface area is 146 Å². The Bertz CT molecular complexity index is 582. The highest BCUT2D eigenvalue weighted by molar-refractivity contribution is 6.42. The predicted molar refractivity (Wildman–Crippen MR) is 92.0 cm³/mol. The maximum absolute atomic E-state index is 12.6. The molecular formula is C17H22Cl2N2O2. The topological polar surface area (TPSA) is 55.6 Å². The van der Waals surface area contributed by atoms with Gasteiger partial charge in [0.25, 0.3) is 0 Å². The van der Waals surface area contributed by atoms with Gasteiger partial charge in [-0.05, 0) is 31.4 Å². The van der Waals surface area contributed by atoms with Gasteiger partial charge < -0.3 is 15.4 Å². The number of nitrogens with two attached hydrogens (primary N) is 1. The van der Waals surface area contributed by atoms with Crippen molar-refractivity contribution in [2.75, 3.05) is 13.1 Å². The number of likely N-dealkylation sites (tertiary alicyclic amines) is 1. The van der Waals surface area contributed by atoms with Crippen molar-refractivity contribution in [3.63, 3.8) is 0 Å². The van der Waals surface area contributed by atoms with Gasteiger partial charge in [-0.3, -0.25) is 4.79 Å². The van der Waals surface area contributed by atoms with Crippen molar-refractivity contribution in [1.29, 1.82) is 0 Å². The average Bonchev–Trinajstić information content (AvgIpc) is 2.99. The van der Waals surface area contributed by atoms with E-state index < -0.39 is 0 Å². The van der Waals surface area contributed by atoms with Crippen molar-refractivity contribution in [2.45, 2.75) is 44.2 Å². The second kappa shape index (κ2) is 7.29. The molecule has 1 aromatic rings. The third kappa shape index (κ3) is 4.11. The van der Waals surface area contributed by atoms with Crippen LogP contribution in [0.1, 0.15) is 32.1 Å². The van der Waals surface area contributed by atoms with Crippen molar-refractivity contribution in [2.24, 2.45) is 11.7 Å². The second-order valence-electron chi connectivity index (χ2n) is 6.51. The molecule has 0 bridgehead atoms. The molecule has 3 atom stereocenters. The summed E-state index contributed by atoms with van der Waals surface area (Å²) >= 11 is 11.9. The van der Waals surface area contributed by atoms with Gasteiger partial charge in [0.1, 0.15) is 11.9 Å². The highest BCUT2D eigenvalue weighted by atomic mass is 35.5. The lowest BCUT2D eigenvalue weighted by atomic mass is 9.85. The van der Waals surface area contributed by atoms with Crippen LogP contribution in [0.25, 0.3) is 0 Å². The Morgan fingerprint density at radius 3 is 2.78 bits per heavy atom. The third-order valence-corrected chi connectivity index (χ3v) is 5.45. The van der Waals surface area contributed by atoms with Gasteiger partial charge in [0.05, 0.1) is 16.6 Å². The van der Waals surface area contributed by atoms with E-state index in [0.29, 0.717) is 22.3 Å². The van der Waals surface area contributed by atoms with Crippen LogP contribution in [0.5, 0.6) is 5.75 Å². The third-order valence-electron chi connectivity index (χ3n) is 4.71. The first-order valence-electron chi connectivity index (χ1n) is 8.19. The molecule has 1 aliphatic carbocycles. The molecule has 0 radical (unpaired) electrons. The molecule has 4 nitrogen and oxygen atoms in total. The zero-order chi connectivity index (χ0) is 16.4. The van der Waals surface area contributed by atoms with Crippen molar-refractivity contribution in [3.05, 3.63) is 28.2 Å². The summed E-state index contributed by atoms with van der Waals surface area (Å²) in [5.74, 6) is 1.02. The minimum absolute atomic E-state index is 0.00783. The van der Waals surface area contributed by atoms with E-state index in [-0.39, 0.29) is 24.0 Å². The fraction of sp³-hybridized carbons (Fsp3) is 0.588. The summed E-state index contributed by atoms with van der Waals surface area (Å²) in [5.41, 5.74) is 6.00. The predicted octanol–water partition coefficient (Wildman–Crippen LogP) is 3.49. The van der Waals surface area contributed by atoms with Crippen molar-refractivity contribution in [1.82, 2.24) is 4.90 Å². The molecule has 1 saturated heterocycles. The molecule has 1 aliphatic heterocycles. The Kier molecular flexibility index (Phi) is 5.34. The Morgan fingerprint density at radius 1 is 1.22 bits per heavy atom. The Morgan fingerprint density at radius 2 is 2.04 bits per heavy atom. The van der Waals surface area contributed by atoms with Gasteiger partial charge >= 0.3 is 0 Å². The molecule has 126 valence electrons. The minimum atomic E-state index is 0.00783. The van der Waals surface area contributed by atoms with Crippen LogP contribution < -0.4 is 10.5 Å². The molecule has 23 heavy (non-hydrogen) atoms. The smallest absolute Gasteiger partial charge is 0.225 e. The molecule has 1 heterocycles. The van der Waals surface area contributed by atoms with E-state index in [2.05, 4.69) is 0 Å². The molecule has 1 amide bonds. The first-order chi connectivity index (χ1) is 11.0. The van der Waals surface area contributed by atoms with Crippen LogP contribution in [0.2, 0.25) is 10.0 Å². The molecule has 1 aromatic carbocycles. The lowest BCUT2D eigenvalue weighted by Gasteiger charge is -2.29. The Hall–Kier alpha value is -0.970. The highest BCUT2D eigenvalue weighted by Gasteiger charge is 2.33. The number of halogens is 2. The molecule has 2 fully saturated rings. The maximum atomic E-state index is 12.6. The van der Waals surface area contributed by atoms with Crippen LogP contribution in [-0.4, -0.2) is 36.0 Å². The van der Waals surface area contributed by atoms with Crippen LogP contribution >= 0.6 is 23.2 Å². The number of carbonyl (C=O) groups excluding carboxylic acids is 1. The molecular weight excluding hydrogens is 335 g/mol. The van der Waals surface area contributed by atoms with Crippen molar-refractivity contribution >= 4 is 29.1 Å². The summed E-state index contributed by atoms with van der Waals surface area (Å²) in [5, 5.41) is 0.988. The number of hydrogen-bond donors (Lipinski definition) is 1. The lowest BCUT2D eigenvalue weighted by Crippen LogP contribution is -2.40. The fourth-order valence-corrected chi connectivity index (χ4v) is 3.77. The summed E-state index contributed by atoms with van der Waals surface area (Å²) in [4.78, 5) is 14.5. The number of benzene rings is 1. The number of hydrogen-bond acceptors (Lipinski definition) is 3. The normalized spacial score (nSPS) is 28.0. The van der Waals surface area contributed by atoms with Gasteiger partial charge in [-0.15, -0.1) is 0 Å².